The van der Waals surface area contributed by atoms with Crippen LogP contribution in [0.4, 0.5) is 0 Å². The number of benzene rings is 1. The number of fused-ring (bicyclic) bond motifs is 1. The minimum absolute atomic E-state index is 0.0313. The van der Waals surface area contributed by atoms with E-state index in [0.717, 1.165) is 6.08 Å². The Bertz CT molecular complexity index is 620. The third-order valence-corrected chi connectivity index (χ3v) is 2.24. The minimum Gasteiger partial charge on any atom is -0.462 e. The first-order valence-electron chi connectivity index (χ1n) is 5.49. The van der Waals surface area contributed by atoms with E-state index < -0.39 is 11.9 Å². The first-order valence-corrected chi connectivity index (χ1v) is 5.49. The summed E-state index contributed by atoms with van der Waals surface area (Å²) in [4.78, 5) is 22.2. The van der Waals surface area contributed by atoms with Crippen molar-refractivity contribution in [1.29, 1.82) is 0 Å². The summed E-state index contributed by atoms with van der Waals surface area (Å²) in [6.07, 6.45) is 1.00. The van der Waals surface area contributed by atoms with Gasteiger partial charge >= 0.3 is 11.9 Å². The van der Waals surface area contributed by atoms with Crippen LogP contribution in [-0.4, -0.2) is 34.0 Å². The number of carbonyl (C=O) groups excluding carboxylic acids is 2. The lowest BCUT2D eigenvalue weighted by molar-refractivity contribution is -0.141. The van der Waals surface area contributed by atoms with Crippen molar-refractivity contribution in [2.45, 2.75) is 6.42 Å². The van der Waals surface area contributed by atoms with Gasteiger partial charge in [-0.1, -0.05) is 6.58 Å². The highest BCUT2D eigenvalue weighted by molar-refractivity contribution is 5.81. The van der Waals surface area contributed by atoms with Crippen LogP contribution in [0.2, 0.25) is 0 Å². The molecule has 0 spiro atoms. The largest absolute Gasteiger partial charge is 0.462 e. The molecule has 0 saturated carbocycles. The number of aromatic nitrogens is 3. The first kappa shape index (κ1) is 12.7. The number of nitrogens with zero attached hydrogens (tertiary/aromatic N) is 2. The number of carbonyl (C=O) groups is 2. The molecule has 0 amide bonds. The zero-order valence-corrected chi connectivity index (χ0v) is 9.96. The summed E-state index contributed by atoms with van der Waals surface area (Å²) in [6.45, 7) is 3.20. The summed E-state index contributed by atoms with van der Waals surface area (Å²) >= 11 is 0. The molecule has 1 heterocycles. The van der Waals surface area contributed by atoms with Crippen LogP contribution in [-0.2, 0) is 14.3 Å². The van der Waals surface area contributed by atoms with Crippen molar-refractivity contribution in [3.8, 4) is 5.75 Å². The number of rotatable bonds is 5. The molecule has 1 N–H and O–H groups in total. The Morgan fingerprint density at radius 2 is 2.11 bits per heavy atom. The Balaban J connectivity index is 1.87. The predicted molar refractivity (Wildman–Crippen MR) is 65.3 cm³/mol. The van der Waals surface area contributed by atoms with Crippen molar-refractivity contribution in [2.24, 2.45) is 0 Å². The molecule has 0 aliphatic carbocycles. The van der Waals surface area contributed by atoms with Gasteiger partial charge in [0.1, 0.15) is 23.4 Å². The third-order valence-electron chi connectivity index (χ3n) is 2.24. The van der Waals surface area contributed by atoms with Crippen LogP contribution in [0.25, 0.3) is 11.0 Å². The lowest BCUT2D eigenvalue weighted by Gasteiger charge is -2.04. The molecule has 0 bridgehead atoms. The molecule has 0 aliphatic rings. The Morgan fingerprint density at radius 1 is 1.32 bits per heavy atom. The van der Waals surface area contributed by atoms with E-state index in [2.05, 4.69) is 26.7 Å². The van der Waals surface area contributed by atoms with Crippen molar-refractivity contribution >= 4 is 23.0 Å². The van der Waals surface area contributed by atoms with Gasteiger partial charge in [0.25, 0.3) is 0 Å². The molecule has 1 aromatic carbocycles. The average molecular weight is 261 g/mol. The summed E-state index contributed by atoms with van der Waals surface area (Å²) in [5, 5.41) is 10.2. The van der Waals surface area contributed by atoms with Crippen LogP contribution in [0.5, 0.6) is 5.75 Å². The summed E-state index contributed by atoms with van der Waals surface area (Å²) < 4.78 is 9.74. The highest BCUT2D eigenvalue weighted by Gasteiger charge is 2.08. The summed E-state index contributed by atoms with van der Waals surface area (Å²) in [5.41, 5.74) is 1.28. The van der Waals surface area contributed by atoms with Crippen molar-refractivity contribution < 1.29 is 19.1 Å². The fraction of sp³-hybridized carbons (Fsp3) is 0.167. The smallest absolute Gasteiger partial charge is 0.330 e. The Labute approximate surface area is 108 Å². The predicted octanol–water partition coefficient (Wildman–Crippen LogP) is 0.983. The van der Waals surface area contributed by atoms with Gasteiger partial charge in [-0.2, -0.15) is 15.4 Å². The van der Waals surface area contributed by atoms with Gasteiger partial charge in [0.15, 0.2) is 0 Å². The van der Waals surface area contributed by atoms with Gasteiger partial charge in [-0.25, -0.2) is 4.79 Å². The van der Waals surface area contributed by atoms with E-state index in [9.17, 15) is 9.59 Å². The lowest BCUT2D eigenvalue weighted by Crippen LogP contribution is -2.12. The topological polar surface area (TPSA) is 94.2 Å². The Kier molecular flexibility index (Phi) is 3.87. The molecule has 0 radical (unpaired) electrons. The molecule has 0 unspecified atom stereocenters. The van der Waals surface area contributed by atoms with E-state index in [4.69, 9.17) is 4.74 Å². The van der Waals surface area contributed by atoms with Gasteiger partial charge in [0.05, 0.1) is 6.42 Å². The molecule has 98 valence electrons. The summed E-state index contributed by atoms with van der Waals surface area (Å²) in [7, 11) is 0. The lowest BCUT2D eigenvalue weighted by atomic mass is 10.3. The number of nitrogens with one attached hydrogen (secondary N) is 1. The number of hydrogen-bond donors (Lipinski definition) is 1. The van der Waals surface area contributed by atoms with Gasteiger partial charge in [0.2, 0.25) is 0 Å². The maximum absolute atomic E-state index is 11.5. The minimum atomic E-state index is -0.572. The van der Waals surface area contributed by atoms with E-state index in [1.54, 1.807) is 18.2 Å². The van der Waals surface area contributed by atoms with Crippen LogP contribution in [0.1, 0.15) is 6.42 Å². The zero-order valence-electron chi connectivity index (χ0n) is 9.96. The molecule has 2 rings (SSSR count). The van der Waals surface area contributed by atoms with Crippen LogP contribution in [0.3, 0.4) is 0 Å². The molecule has 0 aliphatic heterocycles. The molecule has 0 fully saturated rings. The Morgan fingerprint density at radius 3 is 2.89 bits per heavy atom. The fourth-order valence-electron chi connectivity index (χ4n) is 1.36. The van der Waals surface area contributed by atoms with Crippen LogP contribution < -0.4 is 4.74 Å². The molecule has 0 atom stereocenters. The number of aromatic amines is 1. The molecule has 7 nitrogen and oxygen atoms in total. The van der Waals surface area contributed by atoms with Crippen molar-refractivity contribution in [3.05, 3.63) is 30.9 Å². The quantitative estimate of drug-likeness (QED) is 0.490. The SMILES string of the molecule is C=CC(=O)OCCC(=O)Oc1ccc2n[nH]nc2c1. The monoisotopic (exact) mass is 261 g/mol. The van der Waals surface area contributed by atoms with Gasteiger partial charge in [-0.05, 0) is 12.1 Å². The Hall–Kier alpha value is -2.70. The average Bonchev–Trinajstić information content (AvgIpc) is 2.85. The maximum Gasteiger partial charge on any atom is 0.330 e. The van der Waals surface area contributed by atoms with Gasteiger partial charge in [-0.15, -0.1) is 0 Å². The van der Waals surface area contributed by atoms with E-state index >= 15 is 0 Å². The van der Waals surface area contributed by atoms with Crippen LogP contribution >= 0.6 is 0 Å². The van der Waals surface area contributed by atoms with Crippen molar-refractivity contribution in [3.63, 3.8) is 0 Å². The molecule has 2 aromatic rings. The first-order chi connectivity index (χ1) is 9.19. The summed E-state index contributed by atoms with van der Waals surface area (Å²) in [5.74, 6) is -0.710. The molecular weight excluding hydrogens is 250 g/mol. The third kappa shape index (κ3) is 3.38. The van der Waals surface area contributed by atoms with E-state index in [0.29, 0.717) is 16.8 Å². The zero-order chi connectivity index (χ0) is 13.7. The number of ether oxygens (including phenoxy) is 2. The number of H-pyrrole nitrogens is 1. The highest BCUT2D eigenvalue weighted by Crippen LogP contribution is 2.17. The second-order valence-corrected chi connectivity index (χ2v) is 3.57. The maximum atomic E-state index is 11.5. The summed E-state index contributed by atoms with van der Waals surface area (Å²) in [6, 6.07) is 4.88. The standard InChI is InChI=1S/C12H11N3O4/c1-2-11(16)18-6-5-12(17)19-8-3-4-9-10(7-8)14-15-13-9/h2-4,7H,1,5-6H2,(H,13,14,15). The second-order valence-electron chi connectivity index (χ2n) is 3.57. The molecule has 0 saturated heterocycles. The van der Waals surface area contributed by atoms with E-state index in [1.807, 2.05) is 0 Å². The molecule has 7 heteroatoms. The van der Waals surface area contributed by atoms with Crippen LogP contribution in [0.15, 0.2) is 30.9 Å². The van der Waals surface area contributed by atoms with Gasteiger partial charge < -0.3 is 9.47 Å². The van der Waals surface area contributed by atoms with Crippen LogP contribution in [0, 0.1) is 0 Å². The normalized spacial score (nSPS) is 10.1. The molecular formula is C12H11N3O4. The second kappa shape index (κ2) is 5.76. The van der Waals surface area contributed by atoms with Gasteiger partial charge in [0, 0.05) is 12.1 Å². The van der Waals surface area contributed by atoms with Crippen molar-refractivity contribution in [1.82, 2.24) is 15.4 Å². The van der Waals surface area contributed by atoms with Crippen molar-refractivity contribution in [2.75, 3.05) is 6.61 Å². The molecule has 19 heavy (non-hydrogen) atoms. The highest BCUT2D eigenvalue weighted by atomic mass is 16.5. The molecule has 1 aromatic heterocycles. The fourth-order valence-corrected chi connectivity index (χ4v) is 1.36. The van der Waals surface area contributed by atoms with E-state index in [1.165, 1.54) is 0 Å². The number of hydrogen-bond acceptors (Lipinski definition) is 6. The van der Waals surface area contributed by atoms with E-state index in [-0.39, 0.29) is 13.0 Å². The number of esters is 2. The van der Waals surface area contributed by atoms with Gasteiger partial charge in [-0.3, -0.25) is 4.79 Å².